The number of aliphatic carboxylic acids is 1. The number of aromatic nitrogens is 3. The zero-order valence-electron chi connectivity index (χ0n) is 15.4. The van der Waals surface area contributed by atoms with Crippen molar-refractivity contribution in [2.45, 2.75) is 25.8 Å². The molecule has 4 rings (SSSR count). The highest BCUT2D eigenvalue weighted by atomic mass is 32.1. The Bertz CT molecular complexity index is 994. The van der Waals surface area contributed by atoms with Crippen LogP contribution in [0.5, 0.6) is 0 Å². The van der Waals surface area contributed by atoms with Crippen LogP contribution in [0.1, 0.15) is 30.3 Å². The van der Waals surface area contributed by atoms with E-state index in [-0.39, 0.29) is 18.5 Å². The Hall–Kier alpha value is -3.00. The second kappa shape index (κ2) is 7.55. The SMILES string of the molecule is CC(CN(C(=O)c1csc(-c2cnn(-c3ccccc3)c2)n1)C1CC1)C(=O)O. The molecule has 1 aliphatic rings. The fraction of sp³-hybridized carbons (Fsp3) is 0.300. The van der Waals surface area contributed by atoms with Gasteiger partial charge in [0, 0.05) is 29.7 Å². The van der Waals surface area contributed by atoms with Gasteiger partial charge in [-0.3, -0.25) is 9.59 Å². The number of rotatable bonds is 7. The van der Waals surface area contributed by atoms with Gasteiger partial charge in [0.25, 0.3) is 5.91 Å². The van der Waals surface area contributed by atoms with E-state index >= 15 is 0 Å². The molecule has 1 atom stereocenters. The van der Waals surface area contributed by atoms with Crippen molar-refractivity contribution in [2.75, 3.05) is 6.54 Å². The van der Waals surface area contributed by atoms with Gasteiger partial charge in [-0.05, 0) is 25.0 Å². The molecule has 1 fully saturated rings. The molecule has 1 unspecified atom stereocenters. The number of nitrogens with zero attached hydrogens (tertiary/aromatic N) is 4. The topological polar surface area (TPSA) is 88.3 Å². The largest absolute Gasteiger partial charge is 0.481 e. The van der Waals surface area contributed by atoms with E-state index in [1.165, 1.54) is 11.3 Å². The molecule has 1 aliphatic carbocycles. The zero-order chi connectivity index (χ0) is 19.7. The maximum absolute atomic E-state index is 12.9. The molecule has 0 spiro atoms. The molecule has 0 radical (unpaired) electrons. The number of hydrogen-bond donors (Lipinski definition) is 1. The van der Waals surface area contributed by atoms with Crippen LogP contribution in [0.25, 0.3) is 16.3 Å². The van der Waals surface area contributed by atoms with Gasteiger partial charge in [-0.1, -0.05) is 25.1 Å². The third kappa shape index (κ3) is 3.82. The Balaban J connectivity index is 1.53. The van der Waals surface area contributed by atoms with Gasteiger partial charge in [0.15, 0.2) is 0 Å². The van der Waals surface area contributed by atoms with Crippen molar-refractivity contribution in [3.63, 3.8) is 0 Å². The summed E-state index contributed by atoms with van der Waals surface area (Å²) in [5, 5.41) is 16.0. The van der Waals surface area contributed by atoms with Crippen LogP contribution in [0.2, 0.25) is 0 Å². The van der Waals surface area contributed by atoms with Crippen molar-refractivity contribution in [2.24, 2.45) is 5.92 Å². The number of para-hydroxylation sites is 1. The summed E-state index contributed by atoms with van der Waals surface area (Å²) in [6.07, 6.45) is 5.44. The van der Waals surface area contributed by atoms with Crippen LogP contribution >= 0.6 is 11.3 Å². The van der Waals surface area contributed by atoms with Crippen LogP contribution in [0, 0.1) is 5.92 Å². The molecule has 2 aromatic heterocycles. The molecule has 1 amide bonds. The van der Waals surface area contributed by atoms with E-state index in [0.29, 0.717) is 10.7 Å². The number of carbonyl (C=O) groups is 2. The predicted molar refractivity (Wildman–Crippen MR) is 106 cm³/mol. The first-order chi connectivity index (χ1) is 13.5. The number of thiazole rings is 1. The molecule has 144 valence electrons. The van der Waals surface area contributed by atoms with Crippen LogP contribution in [0.4, 0.5) is 0 Å². The lowest BCUT2D eigenvalue weighted by Crippen LogP contribution is -2.38. The molecule has 0 bridgehead atoms. The van der Waals surface area contributed by atoms with Crippen LogP contribution in [-0.4, -0.2) is 49.2 Å². The Labute approximate surface area is 166 Å². The number of hydrogen-bond acceptors (Lipinski definition) is 5. The summed E-state index contributed by atoms with van der Waals surface area (Å²) >= 11 is 1.39. The average Bonchev–Trinajstić information content (AvgIpc) is 3.21. The molecule has 1 saturated carbocycles. The second-order valence-corrected chi connectivity index (χ2v) is 7.83. The van der Waals surface area contributed by atoms with E-state index in [0.717, 1.165) is 24.1 Å². The van der Waals surface area contributed by atoms with Gasteiger partial charge in [0.05, 0.1) is 17.8 Å². The number of amides is 1. The van der Waals surface area contributed by atoms with E-state index in [4.69, 9.17) is 0 Å². The van der Waals surface area contributed by atoms with E-state index < -0.39 is 11.9 Å². The lowest BCUT2D eigenvalue weighted by molar-refractivity contribution is -0.141. The fourth-order valence-electron chi connectivity index (χ4n) is 2.96. The number of carbonyl (C=O) groups excluding carboxylic acids is 1. The van der Waals surface area contributed by atoms with E-state index in [1.807, 2.05) is 36.5 Å². The molecular weight excluding hydrogens is 376 g/mol. The molecule has 3 aromatic rings. The first-order valence-corrected chi connectivity index (χ1v) is 10.0. The lowest BCUT2D eigenvalue weighted by atomic mass is 10.1. The van der Waals surface area contributed by atoms with Crippen molar-refractivity contribution < 1.29 is 14.7 Å². The smallest absolute Gasteiger partial charge is 0.308 e. The Morgan fingerprint density at radius 3 is 2.75 bits per heavy atom. The fourth-order valence-corrected chi connectivity index (χ4v) is 3.73. The van der Waals surface area contributed by atoms with Crippen LogP contribution < -0.4 is 0 Å². The molecule has 2 heterocycles. The number of carboxylic acid groups (broad SMARTS) is 1. The second-order valence-electron chi connectivity index (χ2n) is 6.98. The number of carboxylic acids is 1. The molecule has 1 N–H and O–H groups in total. The molecule has 7 nitrogen and oxygen atoms in total. The van der Waals surface area contributed by atoms with Gasteiger partial charge in [-0.2, -0.15) is 5.10 Å². The summed E-state index contributed by atoms with van der Waals surface area (Å²) in [7, 11) is 0. The van der Waals surface area contributed by atoms with Crippen LogP contribution in [0.15, 0.2) is 48.1 Å². The Morgan fingerprint density at radius 1 is 1.32 bits per heavy atom. The lowest BCUT2D eigenvalue weighted by Gasteiger charge is -2.23. The molecule has 0 saturated heterocycles. The van der Waals surface area contributed by atoms with Crippen molar-refractivity contribution in [1.82, 2.24) is 19.7 Å². The van der Waals surface area contributed by atoms with Gasteiger partial charge in [-0.15, -0.1) is 11.3 Å². The molecule has 8 heteroatoms. The maximum atomic E-state index is 12.9. The van der Waals surface area contributed by atoms with Gasteiger partial charge >= 0.3 is 5.97 Å². The first-order valence-electron chi connectivity index (χ1n) is 9.12. The summed E-state index contributed by atoms with van der Waals surface area (Å²) < 4.78 is 1.77. The van der Waals surface area contributed by atoms with E-state index in [9.17, 15) is 14.7 Å². The summed E-state index contributed by atoms with van der Waals surface area (Å²) in [6, 6.07) is 9.89. The molecule has 0 aliphatic heterocycles. The van der Waals surface area contributed by atoms with Crippen molar-refractivity contribution in [1.29, 1.82) is 0 Å². The third-order valence-corrected chi connectivity index (χ3v) is 5.61. The maximum Gasteiger partial charge on any atom is 0.308 e. The zero-order valence-corrected chi connectivity index (χ0v) is 16.2. The van der Waals surface area contributed by atoms with Crippen molar-refractivity contribution >= 4 is 23.2 Å². The summed E-state index contributed by atoms with van der Waals surface area (Å²) in [6.45, 7) is 1.83. The third-order valence-electron chi connectivity index (χ3n) is 4.71. The first kappa shape index (κ1) is 18.4. The minimum Gasteiger partial charge on any atom is -0.481 e. The minimum absolute atomic E-state index is 0.125. The van der Waals surface area contributed by atoms with Gasteiger partial charge in [0.1, 0.15) is 10.7 Å². The Morgan fingerprint density at radius 2 is 2.07 bits per heavy atom. The molecular formula is C20H20N4O3S. The normalized spacial score (nSPS) is 14.6. The average molecular weight is 396 g/mol. The summed E-state index contributed by atoms with van der Waals surface area (Å²) in [4.78, 5) is 30.3. The van der Waals surface area contributed by atoms with Crippen LogP contribution in [0.3, 0.4) is 0 Å². The van der Waals surface area contributed by atoms with E-state index in [1.54, 1.807) is 28.1 Å². The number of benzene rings is 1. The van der Waals surface area contributed by atoms with Crippen LogP contribution in [-0.2, 0) is 4.79 Å². The highest BCUT2D eigenvalue weighted by molar-refractivity contribution is 7.13. The standard InChI is InChI=1S/C20H20N4O3S/c1-13(20(26)27)10-23(15-7-8-15)19(25)17-12-28-18(22-17)14-9-21-24(11-14)16-5-3-2-4-6-16/h2-6,9,11-13,15H,7-8,10H2,1H3,(H,26,27). The van der Waals surface area contributed by atoms with Crippen molar-refractivity contribution in [3.8, 4) is 16.3 Å². The van der Waals surface area contributed by atoms with E-state index in [2.05, 4.69) is 10.1 Å². The highest BCUT2D eigenvalue weighted by Crippen LogP contribution is 2.31. The van der Waals surface area contributed by atoms with Crippen molar-refractivity contribution in [3.05, 3.63) is 53.8 Å². The minimum atomic E-state index is -0.897. The molecule has 1 aromatic carbocycles. The van der Waals surface area contributed by atoms with Gasteiger partial charge in [0.2, 0.25) is 0 Å². The predicted octanol–water partition coefficient (Wildman–Crippen LogP) is 3.32. The monoisotopic (exact) mass is 396 g/mol. The quantitative estimate of drug-likeness (QED) is 0.662. The molecule has 28 heavy (non-hydrogen) atoms. The summed E-state index contributed by atoms with van der Waals surface area (Å²) in [5.41, 5.74) is 2.14. The van der Waals surface area contributed by atoms with Gasteiger partial charge in [-0.25, -0.2) is 9.67 Å². The summed E-state index contributed by atoms with van der Waals surface area (Å²) in [5.74, 6) is -1.70. The van der Waals surface area contributed by atoms with Gasteiger partial charge < -0.3 is 10.0 Å². The Kier molecular flexibility index (Phi) is 4.95. The highest BCUT2D eigenvalue weighted by Gasteiger charge is 2.35.